The molecule has 3 heterocycles. The lowest BCUT2D eigenvalue weighted by Crippen LogP contribution is -2.67. The first-order chi connectivity index (χ1) is 47.9. The lowest BCUT2D eigenvalue weighted by atomic mass is 9.95. The van der Waals surface area contributed by atoms with Gasteiger partial charge in [-0.2, -0.15) is 0 Å². The molecule has 10 rings (SSSR count). The minimum Gasteiger partial charge on any atom is -0.463 e. The summed E-state index contributed by atoms with van der Waals surface area (Å²) >= 11 is 0. The summed E-state index contributed by atoms with van der Waals surface area (Å²) in [5.74, 6) is -10.2. The molecule has 7 aromatic rings. The number of benzene rings is 7. The number of hydrogen-bond donors (Lipinski definition) is 1. The van der Waals surface area contributed by atoms with E-state index in [1.807, 2.05) is 0 Å². The second-order valence-electron chi connectivity index (χ2n) is 22.4. The minimum atomic E-state index is -2.36. The van der Waals surface area contributed by atoms with Crippen molar-refractivity contribution >= 4 is 59.7 Å². The van der Waals surface area contributed by atoms with Crippen molar-refractivity contribution in [2.75, 3.05) is 19.8 Å². The first-order valence-corrected chi connectivity index (χ1v) is 31.1. The Balaban J connectivity index is 1.09. The third-order valence-corrected chi connectivity index (χ3v) is 15.5. The van der Waals surface area contributed by atoms with Crippen LogP contribution in [0.2, 0.25) is 0 Å². The lowest BCUT2D eigenvalue weighted by molar-refractivity contribution is -0.359. The van der Waals surface area contributed by atoms with E-state index in [0.717, 1.165) is 20.8 Å². The van der Waals surface area contributed by atoms with Crippen molar-refractivity contribution in [3.63, 3.8) is 0 Å². The van der Waals surface area contributed by atoms with Gasteiger partial charge in [0.05, 0.1) is 45.6 Å². The fraction of sp³-hybridized carbons (Fsp3) is 0.288. The number of hydrogen-bond acceptors (Lipinski definition) is 26. The number of carbonyl (C=O) groups is 10. The second-order valence-corrected chi connectivity index (χ2v) is 22.4. The van der Waals surface area contributed by atoms with E-state index >= 15 is 0 Å². The van der Waals surface area contributed by atoms with Crippen LogP contribution in [0.5, 0.6) is 0 Å². The van der Waals surface area contributed by atoms with Gasteiger partial charge < -0.3 is 76.2 Å². The van der Waals surface area contributed by atoms with Crippen molar-refractivity contribution in [2.45, 2.75) is 113 Å². The van der Waals surface area contributed by atoms with Gasteiger partial charge in [-0.25, -0.2) is 33.6 Å². The smallest absolute Gasteiger partial charge is 0.338 e. The Hall–Kier alpha value is -11.0. The summed E-state index contributed by atoms with van der Waals surface area (Å²) in [5.41, 5.74) is -0.211. The van der Waals surface area contributed by atoms with Gasteiger partial charge in [0.15, 0.2) is 67.7 Å². The maximum atomic E-state index is 14.8. The van der Waals surface area contributed by atoms with Gasteiger partial charge in [0.25, 0.3) is 0 Å². The molecule has 0 bridgehead atoms. The van der Waals surface area contributed by atoms with Crippen molar-refractivity contribution in [2.24, 2.45) is 0 Å². The predicted octanol–water partition coefficient (Wildman–Crippen LogP) is 7.19. The number of ether oxygens (including phenoxy) is 15. The molecule has 26 heteroatoms. The molecule has 3 fully saturated rings. The Bertz CT molecular complexity index is 3900. The van der Waals surface area contributed by atoms with E-state index in [2.05, 4.69) is 0 Å². The first-order valence-electron chi connectivity index (χ1n) is 31.1. The third kappa shape index (κ3) is 18.6. The molecule has 0 saturated carbocycles. The summed E-state index contributed by atoms with van der Waals surface area (Å²) in [4.78, 5) is 139. The van der Waals surface area contributed by atoms with Crippen LogP contribution >= 0.6 is 0 Å². The molecule has 3 aliphatic heterocycles. The van der Waals surface area contributed by atoms with E-state index < -0.39 is 172 Å². The van der Waals surface area contributed by atoms with Gasteiger partial charge in [-0.05, 0) is 84.9 Å². The van der Waals surface area contributed by atoms with Crippen LogP contribution < -0.4 is 0 Å². The van der Waals surface area contributed by atoms with Crippen molar-refractivity contribution in [3.8, 4) is 0 Å². The summed E-state index contributed by atoms with van der Waals surface area (Å²) in [6, 6.07) is 52.5. The summed E-state index contributed by atoms with van der Waals surface area (Å²) in [5, 5.41) is 12.5. The number of aliphatic hydroxyl groups is 1. The van der Waals surface area contributed by atoms with Crippen LogP contribution in [0.25, 0.3) is 0 Å². The molecule has 514 valence electrons. The summed E-state index contributed by atoms with van der Waals surface area (Å²) in [6.45, 7) is 0.532. The maximum absolute atomic E-state index is 14.8. The summed E-state index contributed by atoms with van der Waals surface area (Å²) in [6.07, 6.45) is -29.8. The standard InChI is InChI=1S/C73H66O26/c1-42(74)85-39-53-56(94-66(79)47-29-15-6-16-30-47)59(88-43(2)75)62(98-70(83)51-37-23-10-24-38-51)72(91-53)87-41-52-55(93-65(78)46-27-13-5-14-28-46)58(61(71(84)90-52)97-69(82)50-35-21-9-22-36-50)99-73-63(89-44(3)76)60(96-68(81)49-33-19-8-20-34-49)57(95-67(80)48-31-17-7-18-32-48)54(92-73)40-86-64(77)45-25-11-4-12-26-45/h4-38,52-63,71-73,84H,39-41H2,1-3H3/t52-,53-,54-,55-,56-,57-,58+,59+,60+,61+,62+,63+,71+,72+,73-/m1/s1. The predicted molar refractivity (Wildman–Crippen MR) is 337 cm³/mol. The van der Waals surface area contributed by atoms with Gasteiger partial charge in [-0.3, -0.25) is 14.4 Å². The van der Waals surface area contributed by atoms with Crippen LogP contribution in [0.1, 0.15) is 93.3 Å². The second kappa shape index (κ2) is 33.8. The molecule has 1 N–H and O–H groups in total. The molecule has 0 aromatic heterocycles. The highest BCUT2D eigenvalue weighted by atomic mass is 16.8. The van der Waals surface area contributed by atoms with Crippen LogP contribution in [-0.2, 0) is 85.4 Å². The van der Waals surface area contributed by atoms with Crippen LogP contribution in [-0.4, -0.2) is 177 Å². The number of esters is 10. The van der Waals surface area contributed by atoms with E-state index in [4.69, 9.17) is 71.1 Å². The zero-order valence-electron chi connectivity index (χ0n) is 53.1. The first kappa shape index (κ1) is 70.8. The molecule has 0 aliphatic carbocycles. The van der Waals surface area contributed by atoms with E-state index in [9.17, 15) is 53.1 Å². The third-order valence-electron chi connectivity index (χ3n) is 15.5. The number of aliphatic hydroxyl groups excluding tert-OH is 1. The topological polar surface area (TPSA) is 329 Å². The SMILES string of the molecule is CC(=O)OC[C@H]1O[C@H](OC[C@H]2O[C@H](O)[C@@H](OC(=O)c3ccccc3)[C@@H](O[C@H]3O[C@H](COC(=O)c4ccccc4)[C@@H](OC(=O)c4ccccc4)[C@H](OC(=O)c4ccccc4)[C@@H]3OC(C)=O)[C@@H]2OC(=O)c2ccccc2)[C@@H](OC(=O)c2ccccc2)[C@@H](OC(C)=O)[C@@H]1OC(=O)c1ccccc1. The number of carbonyl (C=O) groups excluding carboxylic acids is 10. The Morgan fingerprint density at radius 2 is 0.556 bits per heavy atom. The van der Waals surface area contributed by atoms with Crippen molar-refractivity contribution in [3.05, 3.63) is 251 Å². The van der Waals surface area contributed by atoms with E-state index in [0.29, 0.717) is 0 Å². The van der Waals surface area contributed by atoms with Gasteiger partial charge in [0.1, 0.15) is 37.6 Å². The fourth-order valence-electron chi connectivity index (χ4n) is 10.9. The fourth-order valence-corrected chi connectivity index (χ4v) is 10.9. The summed E-state index contributed by atoms with van der Waals surface area (Å²) < 4.78 is 92.6. The molecule has 0 spiro atoms. The molecule has 3 saturated heterocycles. The molecular formula is C73H66O26. The Labute approximate surface area is 565 Å². The monoisotopic (exact) mass is 1360 g/mol. The molecule has 3 aliphatic rings. The van der Waals surface area contributed by atoms with Crippen LogP contribution in [0, 0.1) is 0 Å². The maximum Gasteiger partial charge on any atom is 0.338 e. The molecule has 0 amide bonds. The molecule has 7 aromatic carbocycles. The highest BCUT2D eigenvalue weighted by molar-refractivity contribution is 5.93. The summed E-state index contributed by atoms with van der Waals surface area (Å²) in [7, 11) is 0. The minimum absolute atomic E-state index is 0.0175. The highest BCUT2D eigenvalue weighted by Gasteiger charge is 2.59. The van der Waals surface area contributed by atoms with Crippen LogP contribution in [0.4, 0.5) is 0 Å². The zero-order chi connectivity index (χ0) is 70.0. The van der Waals surface area contributed by atoms with Crippen molar-refractivity contribution in [1.29, 1.82) is 0 Å². The van der Waals surface area contributed by atoms with Gasteiger partial charge in [0.2, 0.25) is 0 Å². The molecule has 0 unspecified atom stereocenters. The van der Waals surface area contributed by atoms with Crippen LogP contribution in [0.15, 0.2) is 212 Å². The molecule has 15 atom stereocenters. The highest BCUT2D eigenvalue weighted by Crippen LogP contribution is 2.38. The average Bonchev–Trinajstić information content (AvgIpc) is 0.779. The normalized spacial score (nSPS) is 24.7. The van der Waals surface area contributed by atoms with Crippen molar-refractivity contribution in [1.82, 2.24) is 0 Å². The van der Waals surface area contributed by atoms with Gasteiger partial charge in [-0.15, -0.1) is 0 Å². The van der Waals surface area contributed by atoms with E-state index in [-0.39, 0.29) is 38.9 Å². The zero-order valence-corrected chi connectivity index (χ0v) is 53.1. The molecule has 26 nitrogen and oxygen atoms in total. The van der Waals surface area contributed by atoms with Gasteiger partial charge in [-0.1, -0.05) is 127 Å². The molecular weight excluding hydrogens is 1290 g/mol. The van der Waals surface area contributed by atoms with E-state index in [1.54, 1.807) is 78.9 Å². The molecule has 0 radical (unpaired) electrons. The molecule has 99 heavy (non-hydrogen) atoms. The number of rotatable bonds is 24. The quantitative estimate of drug-likeness (QED) is 0.0462. The van der Waals surface area contributed by atoms with Gasteiger partial charge in [0, 0.05) is 20.8 Å². The Morgan fingerprint density at radius 1 is 0.283 bits per heavy atom. The van der Waals surface area contributed by atoms with Gasteiger partial charge >= 0.3 is 59.7 Å². The Morgan fingerprint density at radius 3 is 0.919 bits per heavy atom. The van der Waals surface area contributed by atoms with E-state index in [1.165, 1.54) is 133 Å². The Kier molecular flexibility index (Phi) is 24.2. The average molecular weight is 1360 g/mol. The van der Waals surface area contributed by atoms with Crippen LogP contribution in [0.3, 0.4) is 0 Å². The lowest BCUT2D eigenvalue weighted by Gasteiger charge is -2.48. The largest absolute Gasteiger partial charge is 0.463 e. The van der Waals surface area contributed by atoms with Crippen molar-refractivity contribution < 1.29 is 124 Å².